The molecule has 0 bridgehead atoms. The Morgan fingerprint density at radius 3 is 2.56 bits per heavy atom. The number of anilines is 1. The topological polar surface area (TPSA) is 55.8 Å². The fraction of sp³-hybridized carbons (Fsp3) is 0.316. The summed E-state index contributed by atoms with van der Waals surface area (Å²) in [5.74, 6) is 0.311. The Balaban J connectivity index is 1.44. The first-order valence-electron chi connectivity index (χ1n) is 8.38. The third kappa shape index (κ3) is 4.87. The predicted molar refractivity (Wildman–Crippen MR) is 100 cm³/mol. The number of benzene rings is 2. The second-order valence-electron chi connectivity index (χ2n) is 6.16. The Morgan fingerprint density at radius 2 is 1.84 bits per heavy atom. The molecule has 25 heavy (non-hydrogen) atoms. The first-order chi connectivity index (χ1) is 12.1. The van der Waals surface area contributed by atoms with Gasteiger partial charge in [-0.1, -0.05) is 35.9 Å². The molecule has 1 aliphatic heterocycles. The molecule has 2 N–H and O–H groups in total. The normalized spacial score (nSPS) is 15.2. The summed E-state index contributed by atoms with van der Waals surface area (Å²) in [4.78, 5) is 16.4. The number of aromatic hydroxyl groups is 1. The van der Waals surface area contributed by atoms with E-state index in [1.807, 2.05) is 42.5 Å². The lowest BCUT2D eigenvalue weighted by atomic mass is 10.2. The Morgan fingerprint density at radius 1 is 1.08 bits per heavy atom. The van der Waals surface area contributed by atoms with Crippen LogP contribution in [0.5, 0.6) is 5.75 Å². The Bertz CT molecular complexity index is 730. The highest BCUT2D eigenvalue weighted by Gasteiger charge is 2.20. The van der Waals surface area contributed by atoms with Crippen LogP contribution in [0.3, 0.4) is 0 Å². The zero-order chi connectivity index (χ0) is 17.6. The van der Waals surface area contributed by atoms with E-state index < -0.39 is 0 Å². The van der Waals surface area contributed by atoms with E-state index in [4.69, 9.17) is 11.6 Å². The summed E-state index contributed by atoms with van der Waals surface area (Å²) in [6.07, 6.45) is 0. The summed E-state index contributed by atoms with van der Waals surface area (Å²) in [7, 11) is 0. The number of nitrogens with zero attached hydrogens (tertiary/aromatic N) is 2. The summed E-state index contributed by atoms with van der Waals surface area (Å²) in [6.45, 7) is 4.03. The molecule has 2 aromatic rings. The summed E-state index contributed by atoms with van der Waals surface area (Å²) in [5, 5.41) is 13.5. The van der Waals surface area contributed by atoms with Gasteiger partial charge in [0.1, 0.15) is 5.75 Å². The van der Waals surface area contributed by atoms with Crippen molar-refractivity contribution < 1.29 is 9.90 Å². The number of phenolic OH excluding ortho intramolecular Hbond substituents is 1. The minimum absolute atomic E-state index is 0.0102. The van der Waals surface area contributed by atoms with Crippen molar-refractivity contribution >= 4 is 23.2 Å². The fourth-order valence-corrected chi connectivity index (χ4v) is 3.20. The van der Waals surface area contributed by atoms with Crippen molar-refractivity contribution in [3.63, 3.8) is 0 Å². The molecule has 1 saturated heterocycles. The van der Waals surface area contributed by atoms with Gasteiger partial charge < -0.3 is 15.3 Å². The molecule has 1 aliphatic rings. The molecular formula is C19H22ClN3O2. The molecule has 0 radical (unpaired) electrons. The number of nitrogens with one attached hydrogen (secondary N) is 1. The van der Waals surface area contributed by atoms with Crippen molar-refractivity contribution in [2.24, 2.45) is 0 Å². The van der Waals surface area contributed by atoms with Gasteiger partial charge in [0.25, 0.3) is 0 Å². The number of para-hydroxylation sites is 2. The van der Waals surface area contributed by atoms with E-state index in [1.165, 1.54) is 0 Å². The number of halogens is 1. The number of hydrogen-bond donors (Lipinski definition) is 2. The molecule has 3 rings (SSSR count). The van der Waals surface area contributed by atoms with E-state index >= 15 is 0 Å². The molecule has 0 unspecified atom stereocenters. The second kappa shape index (κ2) is 8.23. The number of amides is 1. The Kier molecular flexibility index (Phi) is 5.79. The van der Waals surface area contributed by atoms with Crippen LogP contribution in [0.25, 0.3) is 0 Å². The summed E-state index contributed by atoms with van der Waals surface area (Å²) in [5.41, 5.74) is 1.85. The van der Waals surface area contributed by atoms with Crippen LogP contribution in [0.2, 0.25) is 5.02 Å². The van der Waals surface area contributed by atoms with Gasteiger partial charge in [-0.05, 0) is 29.8 Å². The predicted octanol–water partition coefficient (Wildman–Crippen LogP) is 2.48. The van der Waals surface area contributed by atoms with Crippen LogP contribution in [0.4, 0.5) is 5.69 Å². The smallest absolute Gasteiger partial charge is 0.234 e. The molecule has 1 heterocycles. The van der Waals surface area contributed by atoms with Crippen LogP contribution in [0.1, 0.15) is 5.56 Å². The zero-order valence-corrected chi connectivity index (χ0v) is 14.7. The zero-order valence-electron chi connectivity index (χ0n) is 14.0. The lowest BCUT2D eigenvalue weighted by Gasteiger charge is -2.35. The third-order valence-corrected chi connectivity index (χ3v) is 4.58. The second-order valence-corrected chi connectivity index (χ2v) is 6.59. The molecule has 1 amide bonds. The van der Waals surface area contributed by atoms with E-state index in [9.17, 15) is 9.90 Å². The molecule has 0 spiro atoms. The molecule has 0 aliphatic carbocycles. The van der Waals surface area contributed by atoms with Crippen LogP contribution in [0.15, 0.2) is 48.5 Å². The lowest BCUT2D eigenvalue weighted by molar-refractivity contribution is -0.122. The number of carbonyl (C=O) groups excluding carboxylic acids is 1. The molecule has 0 aromatic heterocycles. The highest BCUT2D eigenvalue weighted by Crippen LogP contribution is 2.27. The molecule has 2 aromatic carbocycles. The first-order valence-corrected chi connectivity index (χ1v) is 8.76. The molecule has 5 nitrogen and oxygen atoms in total. The fourth-order valence-electron chi connectivity index (χ4n) is 2.99. The van der Waals surface area contributed by atoms with Crippen molar-refractivity contribution in [1.29, 1.82) is 0 Å². The number of carbonyl (C=O) groups is 1. The van der Waals surface area contributed by atoms with Gasteiger partial charge in [0.2, 0.25) is 5.91 Å². The SMILES string of the molecule is O=C(CN1CCN(c2ccccc2O)CC1)NCc1cccc(Cl)c1. The number of phenols is 1. The molecule has 0 saturated carbocycles. The maximum atomic E-state index is 12.1. The summed E-state index contributed by atoms with van der Waals surface area (Å²) < 4.78 is 0. The van der Waals surface area contributed by atoms with Crippen molar-refractivity contribution in [2.45, 2.75) is 6.54 Å². The van der Waals surface area contributed by atoms with E-state index in [1.54, 1.807) is 6.07 Å². The standard InChI is InChI=1S/C19H22ClN3O2/c20-16-5-3-4-15(12-16)13-21-19(25)14-22-8-10-23(11-9-22)17-6-1-2-7-18(17)24/h1-7,12,24H,8-11,13-14H2,(H,21,25). The highest BCUT2D eigenvalue weighted by atomic mass is 35.5. The van der Waals surface area contributed by atoms with Gasteiger partial charge in [0, 0.05) is 37.7 Å². The van der Waals surface area contributed by atoms with E-state index in [-0.39, 0.29) is 5.91 Å². The minimum Gasteiger partial charge on any atom is -0.506 e. The largest absolute Gasteiger partial charge is 0.506 e. The van der Waals surface area contributed by atoms with Gasteiger partial charge in [-0.2, -0.15) is 0 Å². The maximum Gasteiger partial charge on any atom is 0.234 e. The van der Waals surface area contributed by atoms with E-state index in [0.717, 1.165) is 37.4 Å². The number of rotatable bonds is 5. The quantitative estimate of drug-likeness (QED) is 0.861. The minimum atomic E-state index is 0.0102. The van der Waals surface area contributed by atoms with Crippen molar-refractivity contribution in [2.75, 3.05) is 37.6 Å². The van der Waals surface area contributed by atoms with Gasteiger partial charge in [0.05, 0.1) is 12.2 Å². The average Bonchev–Trinajstić information content (AvgIpc) is 2.61. The van der Waals surface area contributed by atoms with Crippen molar-refractivity contribution in [1.82, 2.24) is 10.2 Å². The molecule has 6 heteroatoms. The van der Waals surface area contributed by atoms with Gasteiger partial charge in [-0.3, -0.25) is 9.69 Å². The highest BCUT2D eigenvalue weighted by molar-refractivity contribution is 6.30. The molecule has 0 atom stereocenters. The van der Waals surface area contributed by atoms with Gasteiger partial charge in [-0.25, -0.2) is 0 Å². The molecule has 132 valence electrons. The molecule has 1 fully saturated rings. The monoisotopic (exact) mass is 359 g/mol. The number of hydrogen-bond acceptors (Lipinski definition) is 4. The van der Waals surface area contributed by atoms with Crippen LogP contribution in [-0.4, -0.2) is 48.6 Å². The average molecular weight is 360 g/mol. The van der Waals surface area contributed by atoms with Crippen LogP contribution in [0, 0.1) is 0 Å². The van der Waals surface area contributed by atoms with Crippen molar-refractivity contribution in [3.05, 3.63) is 59.1 Å². The third-order valence-electron chi connectivity index (χ3n) is 4.34. The van der Waals surface area contributed by atoms with Crippen LogP contribution >= 0.6 is 11.6 Å². The van der Waals surface area contributed by atoms with E-state index in [0.29, 0.717) is 23.9 Å². The van der Waals surface area contributed by atoms with E-state index in [2.05, 4.69) is 15.1 Å². The van der Waals surface area contributed by atoms with Crippen molar-refractivity contribution in [3.8, 4) is 5.75 Å². The lowest BCUT2D eigenvalue weighted by Crippen LogP contribution is -2.49. The molecular weight excluding hydrogens is 338 g/mol. The van der Waals surface area contributed by atoms with Crippen LogP contribution in [-0.2, 0) is 11.3 Å². The number of piperazine rings is 1. The summed E-state index contributed by atoms with van der Waals surface area (Å²) >= 11 is 5.95. The van der Waals surface area contributed by atoms with Crippen LogP contribution < -0.4 is 10.2 Å². The summed E-state index contributed by atoms with van der Waals surface area (Å²) in [6, 6.07) is 14.8. The Hall–Kier alpha value is -2.24. The maximum absolute atomic E-state index is 12.1. The van der Waals surface area contributed by atoms with Gasteiger partial charge in [-0.15, -0.1) is 0 Å². The van der Waals surface area contributed by atoms with Gasteiger partial charge in [0.15, 0.2) is 0 Å². The van der Waals surface area contributed by atoms with Gasteiger partial charge >= 0.3 is 0 Å². The first kappa shape index (κ1) is 17.6. The Labute approximate surface area is 152 Å².